The molecule has 4 nitrogen and oxygen atoms in total. The number of aromatic nitrogens is 1. The van der Waals surface area contributed by atoms with Gasteiger partial charge in [0.15, 0.2) is 0 Å². The highest BCUT2D eigenvalue weighted by molar-refractivity contribution is 6.31. The Morgan fingerprint density at radius 1 is 0.960 bits per heavy atom. The summed E-state index contributed by atoms with van der Waals surface area (Å²) in [4.78, 5) is 16.5. The molecule has 0 saturated heterocycles. The molecule has 25 heavy (non-hydrogen) atoms. The molecule has 1 heterocycles. The van der Waals surface area contributed by atoms with Gasteiger partial charge >= 0.3 is 0 Å². The quantitative estimate of drug-likeness (QED) is 0.618. The van der Waals surface area contributed by atoms with Gasteiger partial charge in [-0.3, -0.25) is 9.78 Å². The second kappa shape index (κ2) is 7.55. The maximum atomic E-state index is 12.4. The van der Waals surface area contributed by atoms with Crippen LogP contribution in [-0.2, 0) is 0 Å². The van der Waals surface area contributed by atoms with Gasteiger partial charge in [0.05, 0.1) is 17.4 Å². The highest BCUT2D eigenvalue weighted by Gasteiger charge is 2.09. The third-order valence-electron chi connectivity index (χ3n) is 3.56. The number of benzene rings is 2. The zero-order chi connectivity index (χ0) is 17.8. The van der Waals surface area contributed by atoms with Crippen molar-refractivity contribution in [1.29, 1.82) is 0 Å². The number of hydrogen-bond donors (Lipinski definition) is 2. The Bertz CT molecular complexity index is 928. The molecule has 1 aromatic heterocycles. The minimum Gasteiger partial charge on any atom is -0.354 e. The van der Waals surface area contributed by atoms with Crippen LogP contribution in [-0.4, -0.2) is 10.9 Å². The number of carbonyl (C=O) groups excluding carboxylic acids is 1. The summed E-state index contributed by atoms with van der Waals surface area (Å²) in [6.45, 7) is 1.97. The summed E-state index contributed by atoms with van der Waals surface area (Å²) in [6.07, 6.45) is 3.16. The summed E-state index contributed by atoms with van der Waals surface area (Å²) in [5.74, 6) is -0.263. The van der Waals surface area contributed by atoms with E-state index in [0.717, 1.165) is 11.3 Å². The number of rotatable bonds is 4. The maximum absolute atomic E-state index is 12.4. The van der Waals surface area contributed by atoms with E-state index in [2.05, 4.69) is 15.6 Å². The van der Waals surface area contributed by atoms with E-state index in [-0.39, 0.29) is 5.91 Å². The van der Waals surface area contributed by atoms with E-state index in [0.29, 0.717) is 27.0 Å². The molecule has 3 aromatic rings. The predicted molar refractivity (Wildman–Crippen MR) is 103 cm³/mol. The lowest BCUT2D eigenvalue weighted by Gasteiger charge is -2.11. The fourth-order valence-corrected chi connectivity index (χ4v) is 2.65. The van der Waals surface area contributed by atoms with Crippen molar-refractivity contribution in [3.05, 3.63) is 82.1 Å². The smallest absolute Gasteiger partial charge is 0.257 e. The number of pyridine rings is 1. The molecule has 0 bridgehead atoms. The third kappa shape index (κ3) is 4.50. The van der Waals surface area contributed by atoms with Crippen molar-refractivity contribution in [2.75, 3.05) is 10.6 Å². The van der Waals surface area contributed by atoms with Crippen molar-refractivity contribution in [2.24, 2.45) is 0 Å². The van der Waals surface area contributed by atoms with Crippen LogP contribution in [0.15, 0.2) is 60.9 Å². The molecule has 0 atom stereocenters. The Kier molecular flexibility index (Phi) is 5.22. The highest BCUT2D eigenvalue weighted by Crippen LogP contribution is 2.24. The first-order chi connectivity index (χ1) is 12.0. The van der Waals surface area contributed by atoms with Gasteiger partial charge < -0.3 is 10.6 Å². The van der Waals surface area contributed by atoms with E-state index in [1.807, 2.05) is 25.1 Å². The number of carbonyl (C=O) groups is 1. The molecule has 0 spiro atoms. The molecule has 0 aliphatic rings. The van der Waals surface area contributed by atoms with Crippen LogP contribution in [0.3, 0.4) is 0 Å². The second-order valence-corrected chi connectivity index (χ2v) is 6.38. The monoisotopic (exact) mass is 371 g/mol. The Morgan fingerprint density at radius 3 is 2.56 bits per heavy atom. The van der Waals surface area contributed by atoms with Crippen LogP contribution in [0.4, 0.5) is 17.1 Å². The Hall–Kier alpha value is -2.56. The minimum absolute atomic E-state index is 0.263. The summed E-state index contributed by atoms with van der Waals surface area (Å²) in [6, 6.07) is 14.3. The molecule has 3 rings (SSSR count). The number of nitrogens with zero attached hydrogens (tertiary/aromatic N) is 1. The summed E-state index contributed by atoms with van der Waals surface area (Å²) in [7, 11) is 0. The van der Waals surface area contributed by atoms with Gasteiger partial charge in [-0.05, 0) is 48.9 Å². The van der Waals surface area contributed by atoms with Gasteiger partial charge in [0.25, 0.3) is 5.91 Å². The fourth-order valence-electron chi connectivity index (χ4n) is 2.29. The molecule has 0 aliphatic carbocycles. The SMILES string of the molecule is Cc1ccc(Cl)cc1Nc1cncc(C(=O)Nc2cccc(Cl)c2)c1. The first kappa shape index (κ1) is 17.3. The highest BCUT2D eigenvalue weighted by atomic mass is 35.5. The third-order valence-corrected chi connectivity index (χ3v) is 4.03. The summed E-state index contributed by atoms with van der Waals surface area (Å²) < 4.78 is 0. The molecule has 2 aromatic carbocycles. The Labute approximate surface area is 155 Å². The molecule has 0 radical (unpaired) electrons. The van der Waals surface area contributed by atoms with Crippen LogP contribution in [0, 0.1) is 6.92 Å². The van der Waals surface area contributed by atoms with Gasteiger partial charge in [-0.1, -0.05) is 35.3 Å². The molecule has 0 unspecified atom stereocenters. The average Bonchev–Trinajstić information content (AvgIpc) is 2.58. The second-order valence-electron chi connectivity index (χ2n) is 5.51. The summed E-state index contributed by atoms with van der Waals surface area (Å²) >= 11 is 12.0. The molecule has 0 fully saturated rings. The number of halogens is 2. The number of hydrogen-bond acceptors (Lipinski definition) is 3. The van der Waals surface area contributed by atoms with Crippen LogP contribution < -0.4 is 10.6 Å². The topological polar surface area (TPSA) is 54.0 Å². The molecule has 126 valence electrons. The lowest BCUT2D eigenvalue weighted by Crippen LogP contribution is -2.12. The molecule has 2 N–H and O–H groups in total. The van der Waals surface area contributed by atoms with Crippen molar-refractivity contribution in [1.82, 2.24) is 4.98 Å². The lowest BCUT2D eigenvalue weighted by molar-refractivity contribution is 0.102. The van der Waals surface area contributed by atoms with E-state index in [1.54, 1.807) is 36.5 Å². The van der Waals surface area contributed by atoms with Gasteiger partial charge in [-0.25, -0.2) is 0 Å². The largest absolute Gasteiger partial charge is 0.354 e. The van der Waals surface area contributed by atoms with E-state index in [4.69, 9.17) is 23.2 Å². The average molecular weight is 372 g/mol. The van der Waals surface area contributed by atoms with Crippen molar-refractivity contribution < 1.29 is 4.79 Å². The Balaban J connectivity index is 1.79. The van der Waals surface area contributed by atoms with E-state index in [1.165, 1.54) is 6.20 Å². The number of amides is 1. The Morgan fingerprint density at radius 2 is 1.76 bits per heavy atom. The summed E-state index contributed by atoms with van der Waals surface area (Å²) in [5.41, 5.74) is 3.66. The van der Waals surface area contributed by atoms with E-state index < -0.39 is 0 Å². The molecular formula is C19H15Cl2N3O. The predicted octanol–water partition coefficient (Wildman–Crippen LogP) is 5.69. The van der Waals surface area contributed by atoms with Crippen molar-refractivity contribution in [3.63, 3.8) is 0 Å². The van der Waals surface area contributed by atoms with E-state index in [9.17, 15) is 4.79 Å². The van der Waals surface area contributed by atoms with Gasteiger partial charge in [0.1, 0.15) is 0 Å². The van der Waals surface area contributed by atoms with Crippen molar-refractivity contribution >= 4 is 46.2 Å². The molecule has 6 heteroatoms. The van der Waals surface area contributed by atoms with Crippen LogP contribution in [0.2, 0.25) is 10.0 Å². The zero-order valence-corrected chi connectivity index (χ0v) is 14.9. The van der Waals surface area contributed by atoms with Crippen LogP contribution in [0.1, 0.15) is 15.9 Å². The van der Waals surface area contributed by atoms with Gasteiger partial charge in [-0.2, -0.15) is 0 Å². The first-order valence-electron chi connectivity index (χ1n) is 7.56. The molecule has 1 amide bonds. The zero-order valence-electron chi connectivity index (χ0n) is 13.4. The molecular weight excluding hydrogens is 357 g/mol. The van der Waals surface area contributed by atoms with Crippen LogP contribution >= 0.6 is 23.2 Å². The minimum atomic E-state index is -0.263. The molecule has 0 aliphatic heterocycles. The van der Waals surface area contributed by atoms with Crippen LogP contribution in [0.5, 0.6) is 0 Å². The lowest BCUT2D eigenvalue weighted by atomic mass is 10.2. The summed E-state index contributed by atoms with van der Waals surface area (Å²) in [5, 5.41) is 7.22. The van der Waals surface area contributed by atoms with Crippen molar-refractivity contribution in [3.8, 4) is 0 Å². The normalized spacial score (nSPS) is 10.4. The number of anilines is 3. The standard InChI is InChI=1S/C19H15Cl2N3O/c1-12-5-6-15(21)9-18(12)23-17-7-13(10-22-11-17)19(25)24-16-4-2-3-14(20)8-16/h2-11,23H,1H3,(H,24,25). The number of nitrogens with one attached hydrogen (secondary N) is 2. The molecule has 0 saturated carbocycles. The van der Waals surface area contributed by atoms with Gasteiger partial charge in [-0.15, -0.1) is 0 Å². The number of aryl methyl sites for hydroxylation is 1. The maximum Gasteiger partial charge on any atom is 0.257 e. The van der Waals surface area contributed by atoms with Crippen molar-refractivity contribution in [2.45, 2.75) is 6.92 Å². The fraction of sp³-hybridized carbons (Fsp3) is 0.0526. The van der Waals surface area contributed by atoms with E-state index >= 15 is 0 Å². The first-order valence-corrected chi connectivity index (χ1v) is 8.32. The van der Waals surface area contributed by atoms with Gasteiger partial charge in [0.2, 0.25) is 0 Å². The van der Waals surface area contributed by atoms with Gasteiger partial charge in [0, 0.05) is 27.6 Å². The van der Waals surface area contributed by atoms with Crippen LogP contribution in [0.25, 0.3) is 0 Å².